The number of thioether (sulfide) groups is 1. The SMILES string of the molecule is COc1ccccc1SCC(C)CNC(=O)CCC1CCNCC1. The van der Waals surface area contributed by atoms with Gasteiger partial charge in [0.2, 0.25) is 5.91 Å². The van der Waals surface area contributed by atoms with Crippen molar-refractivity contribution in [2.75, 3.05) is 32.5 Å². The number of piperidine rings is 1. The summed E-state index contributed by atoms with van der Waals surface area (Å²) in [6.07, 6.45) is 4.10. The van der Waals surface area contributed by atoms with Gasteiger partial charge in [0.05, 0.1) is 7.11 Å². The number of benzene rings is 1. The first-order chi connectivity index (χ1) is 11.7. The smallest absolute Gasteiger partial charge is 0.220 e. The van der Waals surface area contributed by atoms with Gasteiger partial charge in [-0.3, -0.25) is 4.79 Å². The van der Waals surface area contributed by atoms with Gasteiger partial charge in [-0.1, -0.05) is 19.1 Å². The molecule has 1 aliphatic rings. The van der Waals surface area contributed by atoms with Crippen molar-refractivity contribution in [1.29, 1.82) is 0 Å². The summed E-state index contributed by atoms with van der Waals surface area (Å²) in [6, 6.07) is 8.07. The van der Waals surface area contributed by atoms with Gasteiger partial charge in [-0.2, -0.15) is 0 Å². The lowest BCUT2D eigenvalue weighted by atomic mass is 9.93. The van der Waals surface area contributed by atoms with E-state index in [1.54, 1.807) is 18.9 Å². The maximum atomic E-state index is 12.0. The standard InChI is InChI=1S/C19H30N2O2S/c1-15(14-24-18-6-4-3-5-17(18)23-2)13-21-19(22)8-7-16-9-11-20-12-10-16/h3-6,15-16,20H,7-14H2,1-2H3,(H,21,22). The molecule has 134 valence electrons. The number of methoxy groups -OCH3 is 1. The third kappa shape index (κ3) is 6.73. The third-order valence-corrected chi connectivity index (χ3v) is 5.86. The molecule has 0 spiro atoms. The van der Waals surface area contributed by atoms with Crippen molar-refractivity contribution in [2.24, 2.45) is 11.8 Å². The van der Waals surface area contributed by atoms with Gasteiger partial charge in [0.25, 0.3) is 0 Å². The third-order valence-electron chi connectivity index (χ3n) is 4.48. The zero-order valence-electron chi connectivity index (χ0n) is 14.8. The van der Waals surface area contributed by atoms with Crippen LogP contribution < -0.4 is 15.4 Å². The summed E-state index contributed by atoms with van der Waals surface area (Å²) in [6.45, 7) is 5.12. The number of nitrogens with one attached hydrogen (secondary N) is 2. The molecule has 1 fully saturated rings. The van der Waals surface area contributed by atoms with Crippen LogP contribution in [0.3, 0.4) is 0 Å². The van der Waals surface area contributed by atoms with E-state index >= 15 is 0 Å². The number of para-hydroxylation sites is 1. The van der Waals surface area contributed by atoms with Crippen LogP contribution in [-0.4, -0.2) is 38.4 Å². The molecule has 2 rings (SSSR count). The molecular formula is C19H30N2O2S. The molecule has 0 radical (unpaired) electrons. The zero-order chi connectivity index (χ0) is 17.2. The summed E-state index contributed by atoms with van der Waals surface area (Å²) in [5.41, 5.74) is 0. The molecule has 1 aromatic carbocycles. The Kier molecular flexibility index (Phi) is 8.47. The molecule has 24 heavy (non-hydrogen) atoms. The summed E-state index contributed by atoms with van der Waals surface area (Å²) < 4.78 is 5.37. The molecule has 0 saturated carbocycles. The predicted octanol–water partition coefficient (Wildman–Crippen LogP) is 3.32. The average Bonchev–Trinajstić information content (AvgIpc) is 2.64. The molecule has 4 nitrogen and oxygen atoms in total. The van der Waals surface area contributed by atoms with Crippen molar-refractivity contribution in [3.63, 3.8) is 0 Å². The summed E-state index contributed by atoms with van der Waals surface area (Å²) >= 11 is 1.78. The molecule has 1 amide bonds. The van der Waals surface area contributed by atoms with Gasteiger partial charge in [-0.15, -0.1) is 11.8 Å². The molecule has 1 aliphatic heterocycles. The van der Waals surface area contributed by atoms with Crippen molar-refractivity contribution in [1.82, 2.24) is 10.6 Å². The van der Waals surface area contributed by atoms with Crippen LogP contribution in [0.2, 0.25) is 0 Å². The zero-order valence-corrected chi connectivity index (χ0v) is 15.7. The first-order valence-electron chi connectivity index (χ1n) is 8.92. The van der Waals surface area contributed by atoms with E-state index in [1.807, 2.05) is 18.2 Å². The minimum absolute atomic E-state index is 0.197. The van der Waals surface area contributed by atoms with Crippen LogP contribution in [0.5, 0.6) is 5.75 Å². The van der Waals surface area contributed by atoms with Gasteiger partial charge in [-0.05, 0) is 56.3 Å². The molecular weight excluding hydrogens is 320 g/mol. The maximum absolute atomic E-state index is 12.0. The summed E-state index contributed by atoms with van der Waals surface area (Å²) in [4.78, 5) is 13.2. The summed E-state index contributed by atoms with van der Waals surface area (Å²) in [5.74, 6) is 3.23. The molecule has 1 heterocycles. The van der Waals surface area contributed by atoms with Crippen LogP contribution in [0.25, 0.3) is 0 Å². The quantitative estimate of drug-likeness (QED) is 0.671. The van der Waals surface area contributed by atoms with Gasteiger partial charge in [0, 0.05) is 23.6 Å². The van der Waals surface area contributed by atoms with Crippen molar-refractivity contribution in [3.05, 3.63) is 24.3 Å². The number of carbonyl (C=O) groups excluding carboxylic acids is 1. The Morgan fingerprint density at radius 3 is 2.88 bits per heavy atom. The van der Waals surface area contributed by atoms with E-state index in [1.165, 1.54) is 12.8 Å². The van der Waals surface area contributed by atoms with E-state index < -0.39 is 0 Å². The fraction of sp³-hybridized carbons (Fsp3) is 0.632. The van der Waals surface area contributed by atoms with E-state index in [-0.39, 0.29) is 5.91 Å². The first-order valence-corrected chi connectivity index (χ1v) is 9.91. The van der Waals surface area contributed by atoms with E-state index in [4.69, 9.17) is 4.74 Å². The first kappa shape index (κ1) is 19.1. The normalized spacial score (nSPS) is 16.6. The van der Waals surface area contributed by atoms with Crippen LogP contribution in [0.4, 0.5) is 0 Å². The van der Waals surface area contributed by atoms with Crippen LogP contribution in [0.1, 0.15) is 32.6 Å². The fourth-order valence-corrected chi connectivity index (χ4v) is 3.96. The lowest BCUT2D eigenvalue weighted by molar-refractivity contribution is -0.121. The average molecular weight is 351 g/mol. The Morgan fingerprint density at radius 1 is 1.38 bits per heavy atom. The predicted molar refractivity (Wildman–Crippen MR) is 101 cm³/mol. The van der Waals surface area contributed by atoms with Gasteiger partial charge in [0.1, 0.15) is 5.75 Å². The molecule has 1 saturated heterocycles. The summed E-state index contributed by atoms with van der Waals surface area (Å²) in [5, 5.41) is 6.45. The maximum Gasteiger partial charge on any atom is 0.220 e. The molecule has 0 bridgehead atoms. The second-order valence-corrected chi connectivity index (χ2v) is 7.66. The highest BCUT2D eigenvalue weighted by Crippen LogP contribution is 2.29. The minimum atomic E-state index is 0.197. The highest BCUT2D eigenvalue weighted by molar-refractivity contribution is 7.99. The monoisotopic (exact) mass is 350 g/mol. The van der Waals surface area contributed by atoms with Gasteiger partial charge < -0.3 is 15.4 Å². The van der Waals surface area contributed by atoms with Crippen LogP contribution in [-0.2, 0) is 4.79 Å². The van der Waals surface area contributed by atoms with Crippen molar-refractivity contribution in [2.45, 2.75) is 37.5 Å². The Hall–Kier alpha value is -1.20. The van der Waals surface area contributed by atoms with Crippen LogP contribution in [0.15, 0.2) is 29.2 Å². The Labute approximate surface area is 150 Å². The molecule has 1 aromatic rings. The van der Waals surface area contributed by atoms with Crippen LogP contribution in [0, 0.1) is 11.8 Å². The Bertz CT molecular complexity index is 504. The Balaban J connectivity index is 1.61. The highest BCUT2D eigenvalue weighted by atomic mass is 32.2. The molecule has 5 heteroatoms. The number of carbonyl (C=O) groups is 1. The molecule has 2 N–H and O–H groups in total. The van der Waals surface area contributed by atoms with E-state index in [0.717, 1.165) is 48.4 Å². The second-order valence-electron chi connectivity index (χ2n) is 6.60. The van der Waals surface area contributed by atoms with Crippen molar-refractivity contribution >= 4 is 17.7 Å². The second kappa shape index (κ2) is 10.6. The molecule has 1 unspecified atom stereocenters. The number of rotatable bonds is 9. The fourth-order valence-electron chi connectivity index (χ4n) is 2.91. The molecule has 0 aliphatic carbocycles. The highest BCUT2D eigenvalue weighted by Gasteiger charge is 2.15. The molecule has 0 aromatic heterocycles. The van der Waals surface area contributed by atoms with Gasteiger partial charge in [-0.25, -0.2) is 0 Å². The van der Waals surface area contributed by atoms with Crippen molar-refractivity contribution < 1.29 is 9.53 Å². The van der Waals surface area contributed by atoms with E-state index in [9.17, 15) is 4.79 Å². The van der Waals surface area contributed by atoms with E-state index in [0.29, 0.717) is 12.3 Å². The lowest BCUT2D eigenvalue weighted by Gasteiger charge is -2.22. The number of ether oxygens (including phenoxy) is 1. The lowest BCUT2D eigenvalue weighted by Crippen LogP contribution is -2.31. The van der Waals surface area contributed by atoms with Crippen LogP contribution >= 0.6 is 11.8 Å². The largest absolute Gasteiger partial charge is 0.496 e. The molecule has 1 atom stereocenters. The van der Waals surface area contributed by atoms with Crippen molar-refractivity contribution in [3.8, 4) is 5.75 Å². The van der Waals surface area contributed by atoms with E-state index in [2.05, 4.69) is 23.6 Å². The Morgan fingerprint density at radius 2 is 2.12 bits per heavy atom. The number of amides is 1. The van der Waals surface area contributed by atoms with Gasteiger partial charge >= 0.3 is 0 Å². The number of hydrogen-bond donors (Lipinski definition) is 2. The topological polar surface area (TPSA) is 50.4 Å². The summed E-state index contributed by atoms with van der Waals surface area (Å²) in [7, 11) is 1.70. The number of hydrogen-bond acceptors (Lipinski definition) is 4. The minimum Gasteiger partial charge on any atom is -0.496 e. The van der Waals surface area contributed by atoms with Gasteiger partial charge in [0.15, 0.2) is 0 Å².